The number of alkyl halides is 1. The highest BCUT2D eigenvalue weighted by atomic mass is 35.5. The molecule has 1 amide bonds. The Hall–Kier alpha value is -1.91. The molecule has 1 aliphatic heterocycles. The van der Waals surface area contributed by atoms with Crippen LogP contribution in [0.15, 0.2) is 0 Å². The smallest absolute Gasteiger partial charge is 0.303 e. The topological polar surface area (TPSA) is 126 Å². The quantitative estimate of drug-likeness (QED) is 0.197. The molecule has 1 fully saturated rings. The Bertz CT molecular complexity index is 615. The lowest BCUT2D eigenvalue weighted by Gasteiger charge is -2.44. The van der Waals surface area contributed by atoms with Crippen LogP contribution in [0.1, 0.15) is 53.4 Å². The number of nitrogens with one attached hydrogen (secondary N) is 1. The van der Waals surface area contributed by atoms with E-state index in [1.54, 1.807) is 0 Å². The molecule has 10 nitrogen and oxygen atoms in total. The predicted octanol–water partition coefficient (Wildman–Crippen LogP) is 1.46. The zero-order chi connectivity index (χ0) is 23.4. The molecule has 0 spiro atoms. The van der Waals surface area contributed by atoms with Crippen molar-refractivity contribution < 1.29 is 42.9 Å². The van der Waals surface area contributed by atoms with E-state index in [4.69, 9.17) is 35.3 Å². The fourth-order valence-corrected chi connectivity index (χ4v) is 3.37. The Labute approximate surface area is 187 Å². The van der Waals surface area contributed by atoms with E-state index in [-0.39, 0.29) is 6.61 Å². The van der Waals surface area contributed by atoms with Gasteiger partial charge in [-0.15, -0.1) is 11.6 Å². The molecule has 1 heterocycles. The molecule has 178 valence electrons. The minimum Gasteiger partial charge on any atom is -0.463 e. The summed E-state index contributed by atoms with van der Waals surface area (Å²) in [6.45, 7) is 4.95. The molecule has 0 aromatic carbocycles. The molecule has 5 atom stereocenters. The Balaban J connectivity index is 3.07. The van der Waals surface area contributed by atoms with Crippen molar-refractivity contribution in [2.24, 2.45) is 0 Å². The van der Waals surface area contributed by atoms with Gasteiger partial charge in [0.1, 0.15) is 18.8 Å². The summed E-state index contributed by atoms with van der Waals surface area (Å²) in [5.41, 5.74) is 0. The van der Waals surface area contributed by atoms with E-state index < -0.39 is 54.5 Å². The average Bonchev–Trinajstić information content (AvgIpc) is 2.66. The largest absolute Gasteiger partial charge is 0.463 e. The molecule has 0 aromatic rings. The van der Waals surface area contributed by atoms with E-state index in [2.05, 4.69) is 5.32 Å². The molecule has 0 saturated carbocycles. The Kier molecular flexibility index (Phi) is 12.4. The van der Waals surface area contributed by atoms with Crippen LogP contribution in [0.5, 0.6) is 0 Å². The maximum absolute atomic E-state index is 11.8. The number of hydrogen-bond donors (Lipinski definition) is 1. The van der Waals surface area contributed by atoms with Gasteiger partial charge in [0.15, 0.2) is 18.5 Å². The van der Waals surface area contributed by atoms with Gasteiger partial charge in [-0.25, -0.2) is 0 Å². The van der Waals surface area contributed by atoms with Gasteiger partial charge in [-0.05, 0) is 12.8 Å². The molecular formula is C20H32ClNO9. The maximum Gasteiger partial charge on any atom is 0.303 e. The van der Waals surface area contributed by atoms with Crippen molar-refractivity contribution in [3.63, 3.8) is 0 Å². The zero-order valence-electron chi connectivity index (χ0n) is 18.4. The summed E-state index contributed by atoms with van der Waals surface area (Å²) in [7, 11) is 0. The lowest BCUT2D eigenvalue weighted by Crippen LogP contribution is -2.66. The molecule has 1 aliphatic rings. The number of hydrogen-bond acceptors (Lipinski definition) is 9. The van der Waals surface area contributed by atoms with Crippen molar-refractivity contribution in [2.45, 2.75) is 84.0 Å². The first-order chi connectivity index (χ1) is 14.6. The second-order valence-corrected chi connectivity index (χ2v) is 7.57. The number of carbonyl (C=O) groups excluding carboxylic acids is 4. The zero-order valence-corrected chi connectivity index (χ0v) is 19.1. The Morgan fingerprint density at radius 3 is 2.03 bits per heavy atom. The number of carbonyl (C=O) groups is 4. The third-order valence-electron chi connectivity index (χ3n) is 4.38. The van der Waals surface area contributed by atoms with Gasteiger partial charge < -0.3 is 29.0 Å². The number of rotatable bonds is 12. The molecule has 1 rings (SSSR count). The summed E-state index contributed by atoms with van der Waals surface area (Å²) in [5, 5.41) is 2.65. The van der Waals surface area contributed by atoms with Gasteiger partial charge in [0.25, 0.3) is 0 Å². The first-order valence-electron chi connectivity index (χ1n) is 10.2. The van der Waals surface area contributed by atoms with Crippen LogP contribution in [0.2, 0.25) is 0 Å². The molecule has 1 N–H and O–H groups in total. The first kappa shape index (κ1) is 27.1. The van der Waals surface area contributed by atoms with Gasteiger partial charge in [-0.1, -0.05) is 12.8 Å². The number of unbranched alkanes of at least 4 members (excludes halogenated alkanes) is 3. The van der Waals surface area contributed by atoms with E-state index >= 15 is 0 Å². The second-order valence-electron chi connectivity index (χ2n) is 7.19. The van der Waals surface area contributed by atoms with Crippen LogP contribution in [0.25, 0.3) is 0 Å². The molecule has 0 aliphatic carbocycles. The summed E-state index contributed by atoms with van der Waals surface area (Å²) in [6.07, 6.45) is -0.750. The van der Waals surface area contributed by atoms with E-state index in [0.29, 0.717) is 12.5 Å². The van der Waals surface area contributed by atoms with Gasteiger partial charge in [-0.3, -0.25) is 19.2 Å². The third kappa shape index (κ3) is 10.3. The molecule has 31 heavy (non-hydrogen) atoms. The molecular weight excluding hydrogens is 434 g/mol. The average molecular weight is 466 g/mol. The maximum atomic E-state index is 11.8. The van der Waals surface area contributed by atoms with Crippen LogP contribution in [0, 0.1) is 0 Å². The van der Waals surface area contributed by atoms with Crippen molar-refractivity contribution >= 4 is 35.4 Å². The molecule has 0 bridgehead atoms. The number of ether oxygens (including phenoxy) is 5. The fourth-order valence-electron chi connectivity index (χ4n) is 3.18. The van der Waals surface area contributed by atoms with Crippen molar-refractivity contribution in [2.75, 3.05) is 19.1 Å². The van der Waals surface area contributed by atoms with Crippen LogP contribution < -0.4 is 5.32 Å². The Morgan fingerprint density at radius 2 is 1.48 bits per heavy atom. The summed E-state index contributed by atoms with van der Waals surface area (Å²) < 4.78 is 27.5. The van der Waals surface area contributed by atoms with E-state index in [1.165, 1.54) is 27.7 Å². The van der Waals surface area contributed by atoms with Crippen LogP contribution in [0.4, 0.5) is 0 Å². The molecule has 11 heteroatoms. The number of amides is 1. The summed E-state index contributed by atoms with van der Waals surface area (Å²) >= 11 is 5.67. The summed E-state index contributed by atoms with van der Waals surface area (Å²) in [5.74, 6) is -1.68. The molecule has 1 saturated heterocycles. The van der Waals surface area contributed by atoms with E-state index in [9.17, 15) is 19.2 Å². The van der Waals surface area contributed by atoms with E-state index in [1.807, 2.05) is 0 Å². The third-order valence-corrected chi connectivity index (χ3v) is 4.65. The van der Waals surface area contributed by atoms with Crippen LogP contribution in [0.3, 0.4) is 0 Å². The van der Waals surface area contributed by atoms with E-state index in [0.717, 1.165) is 25.7 Å². The van der Waals surface area contributed by atoms with Gasteiger partial charge in [0.05, 0.1) is 0 Å². The fraction of sp³-hybridized carbons (Fsp3) is 0.800. The SMILES string of the molecule is CC(=O)N[C@@H]1[C@@H](OCCCCCCCl)O[C@@H](COC(C)=O)[C@@H](OC(C)=O)[C@H]1OC(C)=O. The van der Waals surface area contributed by atoms with Crippen LogP contribution >= 0.6 is 11.6 Å². The van der Waals surface area contributed by atoms with Crippen molar-refractivity contribution in [1.82, 2.24) is 5.32 Å². The van der Waals surface area contributed by atoms with Crippen molar-refractivity contribution in [1.29, 1.82) is 0 Å². The minimum absolute atomic E-state index is 0.257. The van der Waals surface area contributed by atoms with Gasteiger partial charge in [0, 0.05) is 40.2 Å². The standard InChI is InChI=1S/C20H32ClNO9/c1-12(23)22-17-19(30-15(4)26)18(29-14(3)25)16(11-28-13(2)24)31-20(17)27-10-8-6-5-7-9-21/h16-20H,5-11H2,1-4H3,(H,22,23)/t16-,17-,18+,19-,20-/m0/s1. The highest BCUT2D eigenvalue weighted by molar-refractivity contribution is 6.17. The Morgan fingerprint density at radius 1 is 0.871 bits per heavy atom. The van der Waals surface area contributed by atoms with Gasteiger partial charge in [0.2, 0.25) is 5.91 Å². The summed E-state index contributed by atoms with van der Waals surface area (Å²) in [4.78, 5) is 46.5. The molecule has 0 radical (unpaired) electrons. The number of esters is 3. The normalized spacial score (nSPS) is 25.4. The molecule has 0 aromatic heterocycles. The van der Waals surface area contributed by atoms with Crippen molar-refractivity contribution in [3.05, 3.63) is 0 Å². The van der Waals surface area contributed by atoms with Gasteiger partial charge >= 0.3 is 17.9 Å². The predicted molar refractivity (Wildman–Crippen MR) is 109 cm³/mol. The lowest BCUT2D eigenvalue weighted by atomic mass is 9.96. The van der Waals surface area contributed by atoms with Gasteiger partial charge in [-0.2, -0.15) is 0 Å². The molecule has 0 unspecified atom stereocenters. The van der Waals surface area contributed by atoms with Crippen LogP contribution in [-0.2, 0) is 42.9 Å². The monoisotopic (exact) mass is 465 g/mol. The lowest BCUT2D eigenvalue weighted by molar-refractivity contribution is -0.277. The highest BCUT2D eigenvalue weighted by Gasteiger charge is 2.51. The second kappa shape index (κ2) is 14.2. The highest BCUT2D eigenvalue weighted by Crippen LogP contribution is 2.28. The number of halogens is 1. The summed E-state index contributed by atoms with van der Waals surface area (Å²) in [6, 6.07) is -0.942. The minimum atomic E-state index is -1.12. The first-order valence-corrected chi connectivity index (χ1v) is 10.8. The van der Waals surface area contributed by atoms with Crippen molar-refractivity contribution in [3.8, 4) is 0 Å². The van der Waals surface area contributed by atoms with Crippen LogP contribution in [-0.4, -0.2) is 73.6 Å².